The molecule has 0 unspecified atom stereocenters. The lowest BCUT2D eigenvalue weighted by Gasteiger charge is -2.12. The third-order valence-electron chi connectivity index (χ3n) is 2.96. The topological polar surface area (TPSA) is 35.5 Å². The van der Waals surface area contributed by atoms with Crippen LogP contribution in [0, 0.1) is 0 Å². The summed E-state index contributed by atoms with van der Waals surface area (Å²) in [5, 5.41) is 0. The maximum atomic E-state index is 11.7. The number of ether oxygens (including phenoxy) is 2. The van der Waals surface area contributed by atoms with Gasteiger partial charge in [0.1, 0.15) is 18.1 Å². The Labute approximate surface area is 140 Å². The number of ketones is 1. The van der Waals surface area contributed by atoms with Crippen LogP contribution in [0.25, 0.3) is 0 Å². The summed E-state index contributed by atoms with van der Waals surface area (Å²) in [4.78, 5) is 11.7. The SMILES string of the molecule is COc1ccc(Br)c(COc2ccc(Br)cc2C(C)=O)c1. The molecule has 0 bridgehead atoms. The molecule has 2 rings (SSSR count). The van der Waals surface area contributed by atoms with Crippen LogP contribution in [0.3, 0.4) is 0 Å². The third kappa shape index (κ3) is 4.08. The van der Waals surface area contributed by atoms with E-state index in [0.29, 0.717) is 17.9 Å². The van der Waals surface area contributed by atoms with E-state index < -0.39 is 0 Å². The third-order valence-corrected chi connectivity index (χ3v) is 4.22. The monoisotopic (exact) mass is 412 g/mol. The molecule has 0 atom stereocenters. The molecular weight excluding hydrogens is 400 g/mol. The van der Waals surface area contributed by atoms with Crippen LogP contribution in [-0.4, -0.2) is 12.9 Å². The Balaban J connectivity index is 2.22. The average molecular weight is 414 g/mol. The van der Waals surface area contributed by atoms with Gasteiger partial charge >= 0.3 is 0 Å². The van der Waals surface area contributed by atoms with E-state index in [-0.39, 0.29) is 5.78 Å². The van der Waals surface area contributed by atoms with Crippen LogP contribution in [0.15, 0.2) is 45.3 Å². The van der Waals surface area contributed by atoms with Gasteiger partial charge in [0.25, 0.3) is 0 Å². The predicted molar refractivity (Wildman–Crippen MR) is 89.2 cm³/mol. The highest BCUT2D eigenvalue weighted by Gasteiger charge is 2.10. The van der Waals surface area contributed by atoms with Crippen LogP contribution in [0.1, 0.15) is 22.8 Å². The number of rotatable bonds is 5. The first-order chi connectivity index (χ1) is 10.0. The van der Waals surface area contributed by atoms with Gasteiger partial charge < -0.3 is 9.47 Å². The van der Waals surface area contributed by atoms with Gasteiger partial charge in [0.05, 0.1) is 12.7 Å². The lowest BCUT2D eigenvalue weighted by atomic mass is 10.1. The Morgan fingerprint density at radius 2 is 1.90 bits per heavy atom. The summed E-state index contributed by atoms with van der Waals surface area (Å²) in [6.45, 7) is 1.87. The molecule has 0 amide bonds. The van der Waals surface area contributed by atoms with Gasteiger partial charge in [-0.1, -0.05) is 31.9 Å². The molecular formula is C16H14Br2O3. The van der Waals surface area contributed by atoms with E-state index in [1.807, 2.05) is 24.3 Å². The number of methoxy groups -OCH3 is 1. The molecule has 0 heterocycles. The molecule has 0 aromatic heterocycles. The van der Waals surface area contributed by atoms with Crippen LogP contribution < -0.4 is 9.47 Å². The molecule has 2 aromatic carbocycles. The highest BCUT2D eigenvalue weighted by molar-refractivity contribution is 9.10. The van der Waals surface area contributed by atoms with Crippen LogP contribution in [0.4, 0.5) is 0 Å². The van der Waals surface area contributed by atoms with Crippen molar-refractivity contribution in [3.05, 3.63) is 56.5 Å². The second-order valence-corrected chi connectivity index (χ2v) is 6.21. The van der Waals surface area contributed by atoms with Crippen molar-refractivity contribution < 1.29 is 14.3 Å². The van der Waals surface area contributed by atoms with Gasteiger partial charge in [0, 0.05) is 14.5 Å². The van der Waals surface area contributed by atoms with Gasteiger partial charge in [-0.2, -0.15) is 0 Å². The molecule has 0 saturated carbocycles. The quantitative estimate of drug-likeness (QED) is 0.647. The second-order valence-electron chi connectivity index (χ2n) is 4.44. The predicted octanol–water partition coefficient (Wildman–Crippen LogP) is 5.00. The number of hydrogen-bond acceptors (Lipinski definition) is 3. The second kappa shape index (κ2) is 7.09. The molecule has 0 radical (unpaired) electrons. The number of carbonyl (C=O) groups is 1. The van der Waals surface area contributed by atoms with E-state index in [9.17, 15) is 4.79 Å². The molecule has 0 saturated heterocycles. The fourth-order valence-corrected chi connectivity index (χ4v) is 2.57. The van der Waals surface area contributed by atoms with Crippen molar-refractivity contribution in [3.63, 3.8) is 0 Å². The molecule has 5 heteroatoms. The summed E-state index contributed by atoms with van der Waals surface area (Å²) < 4.78 is 12.8. The molecule has 0 fully saturated rings. The molecule has 110 valence electrons. The Bertz CT molecular complexity index is 669. The van der Waals surface area contributed by atoms with E-state index in [2.05, 4.69) is 31.9 Å². The van der Waals surface area contributed by atoms with Gasteiger partial charge in [-0.25, -0.2) is 0 Å². The Kier molecular flexibility index (Phi) is 5.42. The smallest absolute Gasteiger partial charge is 0.163 e. The maximum absolute atomic E-state index is 11.7. The molecule has 0 aliphatic heterocycles. The summed E-state index contributed by atoms with van der Waals surface area (Å²) in [5.74, 6) is 1.30. The summed E-state index contributed by atoms with van der Waals surface area (Å²) in [6, 6.07) is 11.1. The van der Waals surface area contributed by atoms with Crippen molar-refractivity contribution in [3.8, 4) is 11.5 Å². The Hall–Kier alpha value is -1.33. The lowest BCUT2D eigenvalue weighted by molar-refractivity contribution is 0.101. The van der Waals surface area contributed by atoms with Crippen molar-refractivity contribution in [2.24, 2.45) is 0 Å². The number of hydrogen-bond donors (Lipinski definition) is 0. The summed E-state index contributed by atoms with van der Waals surface area (Å²) in [5.41, 5.74) is 1.51. The van der Waals surface area contributed by atoms with Gasteiger partial charge in [0.15, 0.2) is 5.78 Å². The molecule has 0 aliphatic rings. The van der Waals surface area contributed by atoms with Gasteiger partial charge in [0.2, 0.25) is 0 Å². The van der Waals surface area contributed by atoms with Crippen molar-refractivity contribution in [1.82, 2.24) is 0 Å². The number of carbonyl (C=O) groups excluding carboxylic acids is 1. The Morgan fingerprint density at radius 1 is 1.14 bits per heavy atom. The minimum absolute atomic E-state index is 0.0315. The zero-order chi connectivity index (χ0) is 15.4. The van der Waals surface area contributed by atoms with E-state index in [0.717, 1.165) is 20.3 Å². The highest BCUT2D eigenvalue weighted by atomic mass is 79.9. The molecule has 0 aliphatic carbocycles. The van der Waals surface area contributed by atoms with E-state index in [4.69, 9.17) is 9.47 Å². The van der Waals surface area contributed by atoms with Crippen LogP contribution in [-0.2, 0) is 6.61 Å². The zero-order valence-corrected chi connectivity index (χ0v) is 14.8. The molecule has 3 nitrogen and oxygen atoms in total. The first-order valence-electron chi connectivity index (χ1n) is 6.27. The van der Waals surface area contributed by atoms with E-state index in [1.54, 1.807) is 19.2 Å². The van der Waals surface area contributed by atoms with Crippen molar-refractivity contribution in [1.29, 1.82) is 0 Å². The fourth-order valence-electron chi connectivity index (χ4n) is 1.85. The first-order valence-corrected chi connectivity index (χ1v) is 7.85. The first kappa shape index (κ1) is 16.0. The van der Waals surface area contributed by atoms with Crippen molar-refractivity contribution in [2.45, 2.75) is 13.5 Å². The largest absolute Gasteiger partial charge is 0.497 e. The van der Waals surface area contributed by atoms with Gasteiger partial charge in [-0.05, 0) is 43.3 Å². The summed E-state index contributed by atoms with van der Waals surface area (Å²) >= 11 is 6.84. The normalized spacial score (nSPS) is 10.3. The van der Waals surface area contributed by atoms with Crippen LogP contribution in [0.2, 0.25) is 0 Å². The van der Waals surface area contributed by atoms with E-state index in [1.165, 1.54) is 6.92 Å². The van der Waals surface area contributed by atoms with E-state index >= 15 is 0 Å². The number of benzene rings is 2. The van der Waals surface area contributed by atoms with Crippen LogP contribution in [0.5, 0.6) is 11.5 Å². The average Bonchev–Trinajstić information content (AvgIpc) is 2.47. The summed E-state index contributed by atoms with van der Waals surface area (Å²) in [6.07, 6.45) is 0. The minimum atomic E-state index is -0.0315. The standard InChI is InChI=1S/C16H14Br2O3/c1-10(19)14-8-12(17)3-6-16(14)21-9-11-7-13(20-2)4-5-15(11)18/h3-8H,9H2,1-2H3. The minimum Gasteiger partial charge on any atom is -0.497 e. The molecule has 21 heavy (non-hydrogen) atoms. The summed E-state index contributed by atoms with van der Waals surface area (Å²) in [7, 11) is 1.62. The molecule has 0 spiro atoms. The fraction of sp³-hybridized carbons (Fsp3) is 0.188. The van der Waals surface area contributed by atoms with Crippen LogP contribution >= 0.6 is 31.9 Å². The van der Waals surface area contributed by atoms with Crippen molar-refractivity contribution in [2.75, 3.05) is 7.11 Å². The molecule has 2 aromatic rings. The zero-order valence-electron chi connectivity index (χ0n) is 11.7. The van der Waals surface area contributed by atoms with Gasteiger partial charge in [-0.3, -0.25) is 4.79 Å². The molecule has 0 N–H and O–H groups in total. The highest BCUT2D eigenvalue weighted by Crippen LogP contribution is 2.27. The number of Topliss-reactive ketones (excluding diaryl/α,β-unsaturated/α-hetero) is 1. The maximum Gasteiger partial charge on any atom is 0.163 e. The number of halogens is 2. The lowest BCUT2D eigenvalue weighted by Crippen LogP contribution is -2.02. The van der Waals surface area contributed by atoms with Crippen molar-refractivity contribution >= 4 is 37.6 Å². The van der Waals surface area contributed by atoms with Gasteiger partial charge in [-0.15, -0.1) is 0 Å². The Morgan fingerprint density at radius 3 is 2.57 bits per heavy atom.